The van der Waals surface area contributed by atoms with Crippen molar-refractivity contribution in [2.24, 2.45) is 0 Å². The second kappa shape index (κ2) is 5.76. The lowest BCUT2D eigenvalue weighted by Gasteiger charge is -1.99. The number of hydrogen-bond donors (Lipinski definition) is 0. The highest BCUT2D eigenvalue weighted by atomic mass is 35.5. The van der Waals surface area contributed by atoms with Gasteiger partial charge < -0.3 is 0 Å². The van der Waals surface area contributed by atoms with E-state index in [1.54, 1.807) is 24.3 Å². The van der Waals surface area contributed by atoms with Crippen molar-refractivity contribution in [1.29, 1.82) is 0 Å². The standard InChI is InChI=1S/C15H9ClF2O/c16-12-4-2-1-3-11(12)15(19)8-6-10-5-7-13(17)14(18)9-10/h1-9H/b8-6+. The first kappa shape index (κ1) is 13.4. The van der Waals surface area contributed by atoms with E-state index in [0.717, 1.165) is 12.1 Å². The Morgan fingerprint density at radius 2 is 1.79 bits per heavy atom. The molecule has 2 aromatic carbocycles. The van der Waals surface area contributed by atoms with Crippen molar-refractivity contribution in [3.63, 3.8) is 0 Å². The highest BCUT2D eigenvalue weighted by Crippen LogP contribution is 2.17. The second-order valence-corrected chi connectivity index (χ2v) is 4.26. The number of benzene rings is 2. The van der Waals surface area contributed by atoms with Crippen molar-refractivity contribution < 1.29 is 13.6 Å². The predicted octanol–water partition coefficient (Wildman–Crippen LogP) is 4.51. The Labute approximate surface area is 114 Å². The minimum Gasteiger partial charge on any atom is -0.289 e. The van der Waals surface area contributed by atoms with Crippen LogP contribution in [0.25, 0.3) is 6.08 Å². The van der Waals surface area contributed by atoms with Gasteiger partial charge in [-0.1, -0.05) is 35.9 Å². The van der Waals surface area contributed by atoms with E-state index in [4.69, 9.17) is 11.6 Å². The van der Waals surface area contributed by atoms with Crippen LogP contribution in [0, 0.1) is 11.6 Å². The molecule has 0 aliphatic rings. The lowest BCUT2D eigenvalue weighted by atomic mass is 10.1. The summed E-state index contributed by atoms with van der Waals surface area (Å²) in [6, 6.07) is 10.0. The summed E-state index contributed by atoms with van der Waals surface area (Å²) >= 11 is 5.88. The van der Waals surface area contributed by atoms with Crippen molar-refractivity contribution >= 4 is 23.5 Å². The van der Waals surface area contributed by atoms with E-state index in [1.807, 2.05) is 0 Å². The summed E-state index contributed by atoms with van der Waals surface area (Å²) in [5.41, 5.74) is 0.766. The Kier molecular flexibility index (Phi) is 4.07. The molecule has 0 aliphatic carbocycles. The zero-order valence-corrected chi connectivity index (χ0v) is 10.5. The molecule has 0 aromatic heterocycles. The summed E-state index contributed by atoms with van der Waals surface area (Å²) in [6.07, 6.45) is 2.68. The first-order chi connectivity index (χ1) is 9.08. The molecule has 2 aromatic rings. The third kappa shape index (κ3) is 3.26. The average molecular weight is 279 g/mol. The molecular weight excluding hydrogens is 270 g/mol. The van der Waals surface area contributed by atoms with Crippen molar-refractivity contribution in [2.45, 2.75) is 0 Å². The predicted molar refractivity (Wildman–Crippen MR) is 71.2 cm³/mol. The number of carbonyl (C=O) groups excluding carboxylic acids is 1. The van der Waals surface area contributed by atoms with Gasteiger partial charge in [0.1, 0.15) is 0 Å². The van der Waals surface area contributed by atoms with Crippen molar-refractivity contribution in [1.82, 2.24) is 0 Å². The van der Waals surface area contributed by atoms with Crippen LogP contribution in [0.1, 0.15) is 15.9 Å². The molecule has 0 bridgehead atoms. The molecule has 0 N–H and O–H groups in total. The molecule has 0 unspecified atom stereocenters. The van der Waals surface area contributed by atoms with Crippen LogP contribution in [-0.4, -0.2) is 5.78 Å². The van der Waals surface area contributed by atoms with Crippen LogP contribution in [0.5, 0.6) is 0 Å². The van der Waals surface area contributed by atoms with Gasteiger partial charge in [0, 0.05) is 5.56 Å². The monoisotopic (exact) mass is 278 g/mol. The quantitative estimate of drug-likeness (QED) is 0.596. The highest BCUT2D eigenvalue weighted by molar-refractivity contribution is 6.34. The third-order valence-electron chi connectivity index (χ3n) is 2.51. The van der Waals surface area contributed by atoms with Gasteiger partial charge in [-0.15, -0.1) is 0 Å². The van der Waals surface area contributed by atoms with Crippen LogP contribution in [-0.2, 0) is 0 Å². The van der Waals surface area contributed by atoms with Crippen LogP contribution in [0.15, 0.2) is 48.5 Å². The average Bonchev–Trinajstić information content (AvgIpc) is 2.40. The molecule has 19 heavy (non-hydrogen) atoms. The maximum atomic E-state index is 13.0. The molecule has 0 radical (unpaired) electrons. The van der Waals surface area contributed by atoms with Gasteiger partial charge in [0.25, 0.3) is 0 Å². The third-order valence-corrected chi connectivity index (χ3v) is 2.84. The number of halogens is 3. The zero-order valence-electron chi connectivity index (χ0n) is 9.74. The van der Waals surface area contributed by atoms with Crippen molar-refractivity contribution in [3.05, 3.63) is 76.3 Å². The molecule has 0 atom stereocenters. The Hall–Kier alpha value is -2.00. The molecule has 1 nitrogen and oxygen atoms in total. The van der Waals surface area contributed by atoms with E-state index in [0.29, 0.717) is 16.1 Å². The van der Waals surface area contributed by atoms with E-state index >= 15 is 0 Å². The Morgan fingerprint density at radius 1 is 1.05 bits per heavy atom. The maximum Gasteiger partial charge on any atom is 0.187 e. The smallest absolute Gasteiger partial charge is 0.187 e. The van der Waals surface area contributed by atoms with Crippen LogP contribution < -0.4 is 0 Å². The number of ketones is 1. The van der Waals surface area contributed by atoms with Crippen LogP contribution in [0.4, 0.5) is 8.78 Å². The first-order valence-electron chi connectivity index (χ1n) is 5.50. The molecule has 96 valence electrons. The zero-order chi connectivity index (χ0) is 13.8. The molecule has 0 amide bonds. The van der Waals surface area contributed by atoms with Crippen LogP contribution in [0.2, 0.25) is 5.02 Å². The molecule has 0 aliphatic heterocycles. The molecule has 0 spiro atoms. The molecular formula is C15H9ClF2O. The topological polar surface area (TPSA) is 17.1 Å². The summed E-state index contributed by atoms with van der Waals surface area (Å²) in [4.78, 5) is 11.9. The largest absolute Gasteiger partial charge is 0.289 e. The molecule has 0 saturated carbocycles. The lowest BCUT2D eigenvalue weighted by Crippen LogP contribution is -1.94. The summed E-state index contributed by atoms with van der Waals surface area (Å²) in [6.45, 7) is 0. The van der Waals surface area contributed by atoms with Gasteiger partial charge >= 0.3 is 0 Å². The van der Waals surface area contributed by atoms with Crippen LogP contribution >= 0.6 is 11.6 Å². The van der Waals surface area contributed by atoms with Gasteiger partial charge in [0.15, 0.2) is 17.4 Å². The number of rotatable bonds is 3. The molecule has 0 saturated heterocycles. The van der Waals surface area contributed by atoms with E-state index in [9.17, 15) is 13.6 Å². The summed E-state index contributed by atoms with van der Waals surface area (Å²) in [7, 11) is 0. The summed E-state index contributed by atoms with van der Waals surface area (Å²) < 4.78 is 25.7. The van der Waals surface area contributed by atoms with E-state index < -0.39 is 11.6 Å². The normalized spacial score (nSPS) is 10.9. The number of hydrogen-bond acceptors (Lipinski definition) is 1. The van der Waals surface area contributed by atoms with Gasteiger partial charge in [-0.3, -0.25) is 4.79 Å². The number of allylic oxidation sites excluding steroid dienone is 1. The van der Waals surface area contributed by atoms with Gasteiger partial charge in [-0.25, -0.2) is 8.78 Å². The summed E-state index contributed by atoms with van der Waals surface area (Å²) in [5, 5.41) is 0.349. The molecule has 2 rings (SSSR count). The fraction of sp³-hybridized carbons (Fsp3) is 0. The maximum absolute atomic E-state index is 13.0. The fourth-order valence-corrected chi connectivity index (χ4v) is 1.77. The lowest BCUT2D eigenvalue weighted by molar-refractivity contribution is 0.104. The summed E-state index contributed by atoms with van der Waals surface area (Å²) in [5.74, 6) is -2.17. The van der Waals surface area contributed by atoms with Gasteiger partial charge in [-0.05, 0) is 35.9 Å². The van der Waals surface area contributed by atoms with E-state index in [-0.39, 0.29) is 5.78 Å². The molecule has 0 heterocycles. The Bertz CT molecular complexity index is 650. The molecule has 0 fully saturated rings. The SMILES string of the molecule is O=C(/C=C/c1ccc(F)c(F)c1)c1ccccc1Cl. The van der Waals surface area contributed by atoms with Gasteiger partial charge in [0.05, 0.1) is 5.02 Å². The highest BCUT2D eigenvalue weighted by Gasteiger charge is 2.06. The molecule has 4 heteroatoms. The van der Waals surface area contributed by atoms with E-state index in [2.05, 4.69) is 0 Å². The van der Waals surface area contributed by atoms with Crippen LogP contribution in [0.3, 0.4) is 0 Å². The second-order valence-electron chi connectivity index (χ2n) is 3.85. The Balaban J connectivity index is 2.21. The number of carbonyl (C=O) groups is 1. The minimum atomic E-state index is -0.952. The Morgan fingerprint density at radius 3 is 2.47 bits per heavy atom. The van der Waals surface area contributed by atoms with Gasteiger partial charge in [0.2, 0.25) is 0 Å². The van der Waals surface area contributed by atoms with E-state index in [1.165, 1.54) is 18.2 Å². The van der Waals surface area contributed by atoms with Crippen molar-refractivity contribution in [3.8, 4) is 0 Å². The van der Waals surface area contributed by atoms with Gasteiger partial charge in [-0.2, -0.15) is 0 Å². The fourth-order valence-electron chi connectivity index (χ4n) is 1.54. The minimum absolute atomic E-state index is 0.296. The first-order valence-corrected chi connectivity index (χ1v) is 5.88. The van der Waals surface area contributed by atoms with Crippen molar-refractivity contribution in [2.75, 3.05) is 0 Å².